The van der Waals surface area contributed by atoms with Gasteiger partial charge in [0.2, 0.25) is 12.2 Å². The minimum atomic E-state index is -1.86. The Balaban J connectivity index is 2.61. The lowest BCUT2D eigenvalue weighted by molar-refractivity contribution is -0.529. The summed E-state index contributed by atoms with van der Waals surface area (Å²) in [6, 6.07) is -0.940. The molecule has 1 rings (SSSR count). The summed E-state index contributed by atoms with van der Waals surface area (Å²) < 4.78 is 18.0. The Morgan fingerprint density at radius 1 is 1.67 bits per heavy atom. The van der Waals surface area contributed by atoms with Gasteiger partial charge in [-0.15, -0.1) is 0 Å². The van der Waals surface area contributed by atoms with Crippen LogP contribution in [0, 0.1) is 16.0 Å². The fourth-order valence-corrected chi connectivity index (χ4v) is 1.97. The number of alkyl halides is 1. The second kappa shape index (κ2) is 5.04. The van der Waals surface area contributed by atoms with Crippen LogP contribution in [0.15, 0.2) is 0 Å². The van der Waals surface area contributed by atoms with Crippen molar-refractivity contribution in [2.45, 2.75) is 38.4 Å². The van der Waals surface area contributed by atoms with Gasteiger partial charge < -0.3 is 4.74 Å². The highest BCUT2D eigenvalue weighted by Gasteiger charge is 2.45. The van der Waals surface area contributed by atoms with Crippen LogP contribution in [0.4, 0.5) is 4.39 Å². The summed E-state index contributed by atoms with van der Waals surface area (Å²) >= 11 is 0. The van der Waals surface area contributed by atoms with Gasteiger partial charge in [-0.3, -0.25) is 10.1 Å². The fraction of sp³-hybridized carbons (Fsp3) is 0.889. The van der Waals surface area contributed by atoms with Gasteiger partial charge >= 0.3 is 5.97 Å². The third kappa shape index (κ3) is 2.64. The van der Waals surface area contributed by atoms with Gasteiger partial charge in [-0.25, -0.2) is 9.18 Å². The van der Waals surface area contributed by atoms with Gasteiger partial charge in [0.05, 0.1) is 12.5 Å². The number of nitro groups is 1. The maximum absolute atomic E-state index is 13.5. The van der Waals surface area contributed by atoms with Crippen molar-refractivity contribution in [3.8, 4) is 0 Å². The number of esters is 1. The maximum Gasteiger partial charge on any atom is 0.341 e. The molecule has 0 aromatic heterocycles. The molecule has 3 atom stereocenters. The van der Waals surface area contributed by atoms with E-state index >= 15 is 0 Å². The average molecular weight is 219 g/mol. The molecule has 1 saturated carbocycles. The maximum atomic E-state index is 13.5. The van der Waals surface area contributed by atoms with E-state index in [-0.39, 0.29) is 6.61 Å². The molecule has 0 bridgehead atoms. The lowest BCUT2D eigenvalue weighted by Crippen LogP contribution is -2.36. The third-order valence-corrected chi connectivity index (χ3v) is 2.69. The van der Waals surface area contributed by atoms with E-state index in [1.807, 2.05) is 0 Å². The third-order valence-electron chi connectivity index (χ3n) is 2.69. The smallest absolute Gasteiger partial charge is 0.341 e. The van der Waals surface area contributed by atoms with E-state index in [4.69, 9.17) is 0 Å². The first-order chi connectivity index (χ1) is 7.07. The quantitative estimate of drug-likeness (QED) is 0.406. The van der Waals surface area contributed by atoms with E-state index in [9.17, 15) is 19.3 Å². The largest absolute Gasteiger partial charge is 0.464 e. The predicted octanol–water partition coefficient (Wildman–Crippen LogP) is 1.33. The molecular formula is C9H14FNO4. The van der Waals surface area contributed by atoms with Crippen molar-refractivity contribution in [3.63, 3.8) is 0 Å². The van der Waals surface area contributed by atoms with Gasteiger partial charge in [-0.05, 0) is 19.8 Å². The van der Waals surface area contributed by atoms with Crippen LogP contribution in [0.25, 0.3) is 0 Å². The van der Waals surface area contributed by atoms with Gasteiger partial charge in [0, 0.05) is 11.3 Å². The number of carbonyl (C=O) groups is 1. The van der Waals surface area contributed by atoms with Crippen molar-refractivity contribution in [1.82, 2.24) is 0 Å². The first kappa shape index (κ1) is 11.9. The number of halogens is 1. The fourth-order valence-electron chi connectivity index (χ4n) is 1.97. The molecule has 86 valence electrons. The Bertz CT molecular complexity index is 258. The van der Waals surface area contributed by atoms with Crippen molar-refractivity contribution in [1.29, 1.82) is 0 Å². The minimum absolute atomic E-state index is 0.0924. The summed E-state index contributed by atoms with van der Waals surface area (Å²) in [5, 5.41) is 10.6. The molecule has 0 radical (unpaired) electrons. The van der Waals surface area contributed by atoms with Crippen LogP contribution >= 0.6 is 0 Å². The van der Waals surface area contributed by atoms with Crippen molar-refractivity contribution in [2.24, 2.45) is 5.92 Å². The molecule has 0 spiro atoms. The second-order valence-corrected chi connectivity index (χ2v) is 3.60. The molecule has 0 aliphatic heterocycles. The Morgan fingerprint density at radius 2 is 2.33 bits per heavy atom. The Hall–Kier alpha value is -1.20. The Kier molecular flexibility index (Phi) is 3.99. The van der Waals surface area contributed by atoms with E-state index in [1.54, 1.807) is 6.92 Å². The topological polar surface area (TPSA) is 69.4 Å². The number of hydrogen-bond acceptors (Lipinski definition) is 4. The first-order valence-corrected chi connectivity index (χ1v) is 5.02. The molecule has 0 N–H and O–H groups in total. The second-order valence-electron chi connectivity index (χ2n) is 3.60. The highest BCUT2D eigenvalue weighted by molar-refractivity contribution is 5.75. The molecule has 0 aromatic rings. The van der Waals surface area contributed by atoms with Gasteiger partial charge in [0.25, 0.3) is 0 Å². The van der Waals surface area contributed by atoms with Crippen LogP contribution in [0.5, 0.6) is 0 Å². The standard InChI is InChI=1S/C9H14FNO4/c1-2-15-9(12)8(10)6-4-3-5-7(6)11(13)14/h6-8H,2-5H2,1H3/t6-,7-,8+/m1/s1. The van der Waals surface area contributed by atoms with E-state index in [0.29, 0.717) is 19.3 Å². The summed E-state index contributed by atoms with van der Waals surface area (Å²) in [6.45, 7) is 1.67. The number of hydrogen-bond donors (Lipinski definition) is 0. The zero-order valence-electron chi connectivity index (χ0n) is 8.52. The van der Waals surface area contributed by atoms with Gasteiger partial charge in [-0.2, -0.15) is 0 Å². The highest BCUT2D eigenvalue weighted by Crippen LogP contribution is 2.32. The zero-order valence-corrected chi connectivity index (χ0v) is 8.52. The van der Waals surface area contributed by atoms with Crippen molar-refractivity contribution < 1.29 is 18.8 Å². The van der Waals surface area contributed by atoms with E-state index in [0.717, 1.165) is 0 Å². The molecule has 0 aromatic carbocycles. The summed E-state index contributed by atoms with van der Waals surface area (Å²) in [7, 11) is 0. The van der Waals surface area contributed by atoms with Gasteiger partial charge in [0.15, 0.2) is 0 Å². The van der Waals surface area contributed by atoms with Gasteiger partial charge in [0.1, 0.15) is 0 Å². The number of carbonyl (C=O) groups excluding carboxylic acids is 1. The molecule has 0 saturated heterocycles. The number of nitrogens with zero attached hydrogens (tertiary/aromatic N) is 1. The van der Waals surface area contributed by atoms with E-state index in [1.165, 1.54) is 0 Å². The summed E-state index contributed by atoms with van der Waals surface area (Å²) in [5.74, 6) is -1.80. The zero-order chi connectivity index (χ0) is 11.4. The lowest BCUT2D eigenvalue weighted by Gasteiger charge is -2.16. The van der Waals surface area contributed by atoms with Crippen molar-refractivity contribution >= 4 is 5.97 Å². The number of ether oxygens (including phenoxy) is 1. The lowest BCUT2D eigenvalue weighted by atomic mass is 9.98. The molecule has 15 heavy (non-hydrogen) atoms. The van der Waals surface area contributed by atoms with Crippen molar-refractivity contribution in [2.75, 3.05) is 6.61 Å². The molecular weight excluding hydrogens is 205 g/mol. The molecule has 1 aliphatic rings. The molecule has 5 nitrogen and oxygen atoms in total. The van der Waals surface area contributed by atoms with E-state index < -0.39 is 29.0 Å². The minimum Gasteiger partial charge on any atom is -0.464 e. The highest BCUT2D eigenvalue weighted by atomic mass is 19.1. The molecule has 0 unspecified atom stereocenters. The van der Waals surface area contributed by atoms with Crippen LogP contribution in [0.2, 0.25) is 0 Å². The Labute approximate surface area is 86.7 Å². The SMILES string of the molecule is CCOC(=O)[C@@H](F)[C@@H]1CCC[C@H]1[N+](=O)[O-]. The predicted molar refractivity (Wildman–Crippen MR) is 49.7 cm³/mol. The number of rotatable bonds is 4. The average Bonchev–Trinajstić information content (AvgIpc) is 2.65. The summed E-state index contributed by atoms with van der Waals surface area (Å²) in [6.07, 6.45) is -0.540. The van der Waals surface area contributed by atoms with E-state index in [2.05, 4.69) is 4.74 Å². The molecule has 1 aliphatic carbocycles. The van der Waals surface area contributed by atoms with Crippen LogP contribution < -0.4 is 0 Å². The molecule has 0 heterocycles. The van der Waals surface area contributed by atoms with Crippen molar-refractivity contribution in [3.05, 3.63) is 10.1 Å². The summed E-state index contributed by atoms with van der Waals surface area (Å²) in [5.41, 5.74) is 0. The van der Waals surface area contributed by atoms with Crippen LogP contribution in [-0.2, 0) is 9.53 Å². The molecule has 1 fully saturated rings. The van der Waals surface area contributed by atoms with Gasteiger partial charge in [-0.1, -0.05) is 0 Å². The summed E-state index contributed by atoms with van der Waals surface area (Å²) in [4.78, 5) is 21.2. The Morgan fingerprint density at radius 3 is 2.87 bits per heavy atom. The first-order valence-electron chi connectivity index (χ1n) is 5.02. The normalized spacial score (nSPS) is 27.3. The molecule has 6 heteroatoms. The molecule has 0 amide bonds. The monoisotopic (exact) mass is 219 g/mol. The van der Waals surface area contributed by atoms with Crippen LogP contribution in [0.1, 0.15) is 26.2 Å². The van der Waals surface area contributed by atoms with Crippen LogP contribution in [0.3, 0.4) is 0 Å². The van der Waals surface area contributed by atoms with Crippen LogP contribution in [-0.4, -0.2) is 29.7 Å².